The molecular weight excluding hydrogens is 279 g/mol. The number of rotatable bonds is 3. The van der Waals surface area contributed by atoms with Gasteiger partial charge in [0.05, 0.1) is 18.7 Å². The first kappa shape index (κ1) is 13.5. The average molecular weight is 294 g/mol. The summed E-state index contributed by atoms with van der Waals surface area (Å²) in [5.41, 5.74) is 0. The van der Waals surface area contributed by atoms with Crippen LogP contribution >= 0.6 is 11.3 Å². The normalized spacial score (nSPS) is 22.3. The monoisotopic (exact) mass is 294 g/mol. The number of nitrogens with one attached hydrogen (secondary N) is 2. The Labute approximate surface area is 119 Å². The minimum atomic E-state index is -0.446. The van der Waals surface area contributed by atoms with Crippen molar-refractivity contribution in [3.05, 3.63) is 35.0 Å². The molecule has 0 saturated carbocycles. The largest absolute Gasteiger partial charge is 0.392 e. The van der Waals surface area contributed by atoms with Crippen LogP contribution in [0.15, 0.2) is 24.3 Å². The molecule has 2 atom stereocenters. The number of hydrogen-bond acceptors (Lipinski definition) is 4. The van der Waals surface area contributed by atoms with Crippen LogP contribution in [0.4, 0.5) is 4.39 Å². The number of aliphatic hydroxyl groups excluding tert-OH is 1. The van der Waals surface area contributed by atoms with Gasteiger partial charge in [0, 0.05) is 16.1 Å². The highest BCUT2D eigenvalue weighted by atomic mass is 32.1. The number of carbonyl (C=O) groups is 1. The van der Waals surface area contributed by atoms with Gasteiger partial charge in [0.15, 0.2) is 0 Å². The third-order valence-electron chi connectivity index (χ3n) is 3.39. The maximum Gasteiger partial charge on any atom is 0.237 e. The van der Waals surface area contributed by atoms with Crippen LogP contribution in [0.3, 0.4) is 0 Å². The van der Waals surface area contributed by atoms with Crippen molar-refractivity contribution in [2.45, 2.75) is 25.1 Å². The number of thiophene rings is 1. The van der Waals surface area contributed by atoms with Crippen LogP contribution in [0.1, 0.15) is 11.3 Å². The molecule has 20 heavy (non-hydrogen) atoms. The van der Waals surface area contributed by atoms with Crippen LogP contribution in [-0.4, -0.2) is 29.7 Å². The molecule has 3 rings (SSSR count). The number of amides is 1. The molecule has 6 heteroatoms. The number of β-amino-alcohol motifs (C(OH)–C–C–N with tert-alkyl or cyclic N) is 1. The first-order valence-electron chi connectivity index (χ1n) is 6.49. The minimum Gasteiger partial charge on any atom is -0.392 e. The molecule has 2 unspecified atom stereocenters. The first-order chi connectivity index (χ1) is 9.61. The Balaban J connectivity index is 1.63. The van der Waals surface area contributed by atoms with Crippen molar-refractivity contribution in [1.82, 2.24) is 10.6 Å². The van der Waals surface area contributed by atoms with Gasteiger partial charge in [-0.2, -0.15) is 0 Å². The second-order valence-electron chi connectivity index (χ2n) is 4.96. The van der Waals surface area contributed by atoms with Gasteiger partial charge in [-0.3, -0.25) is 4.79 Å². The van der Waals surface area contributed by atoms with Crippen molar-refractivity contribution < 1.29 is 14.3 Å². The number of halogens is 1. The highest BCUT2D eigenvalue weighted by Gasteiger charge is 2.27. The summed E-state index contributed by atoms with van der Waals surface area (Å²) in [7, 11) is 0. The summed E-state index contributed by atoms with van der Waals surface area (Å²) in [6.45, 7) is 0.883. The van der Waals surface area contributed by atoms with Crippen molar-refractivity contribution >= 4 is 27.3 Å². The Bertz CT molecular complexity index is 643. The molecule has 1 aromatic carbocycles. The van der Waals surface area contributed by atoms with Gasteiger partial charge in [-0.05, 0) is 36.1 Å². The van der Waals surface area contributed by atoms with Gasteiger partial charge in [0.25, 0.3) is 0 Å². The molecule has 1 aromatic heterocycles. The van der Waals surface area contributed by atoms with Gasteiger partial charge >= 0.3 is 0 Å². The van der Waals surface area contributed by atoms with Crippen LogP contribution in [0.25, 0.3) is 10.1 Å². The van der Waals surface area contributed by atoms with E-state index in [4.69, 9.17) is 0 Å². The third-order valence-corrected chi connectivity index (χ3v) is 4.51. The highest BCUT2D eigenvalue weighted by Crippen LogP contribution is 2.26. The first-order valence-corrected chi connectivity index (χ1v) is 7.30. The fraction of sp³-hybridized carbons (Fsp3) is 0.357. The van der Waals surface area contributed by atoms with E-state index in [0.29, 0.717) is 19.5 Å². The minimum absolute atomic E-state index is 0.106. The number of carbonyl (C=O) groups excluding carboxylic acids is 1. The van der Waals surface area contributed by atoms with Crippen LogP contribution in [0.2, 0.25) is 0 Å². The lowest BCUT2D eigenvalue weighted by molar-refractivity contribution is -0.123. The second-order valence-corrected chi connectivity index (χ2v) is 6.13. The second kappa shape index (κ2) is 5.47. The average Bonchev–Trinajstić information content (AvgIpc) is 3.01. The molecule has 0 aliphatic carbocycles. The summed E-state index contributed by atoms with van der Waals surface area (Å²) in [6, 6.07) is 6.24. The summed E-state index contributed by atoms with van der Waals surface area (Å²) >= 11 is 1.54. The van der Waals surface area contributed by atoms with E-state index in [-0.39, 0.29) is 17.8 Å². The lowest BCUT2D eigenvalue weighted by Crippen LogP contribution is -2.39. The Morgan fingerprint density at radius 3 is 3.10 bits per heavy atom. The van der Waals surface area contributed by atoms with Crippen LogP contribution in [0.5, 0.6) is 0 Å². The number of fused-ring (bicyclic) bond motifs is 1. The Morgan fingerprint density at radius 1 is 1.50 bits per heavy atom. The van der Waals surface area contributed by atoms with E-state index in [0.717, 1.165) is 15.0 Å². The summed E-state index contributed by atoms with van der Waals surface area (Å²) in [5.74, 6) is -0.361. The van der Waals surface area contributed by atoms with E-state index >= 15 is 0 Å². The quantitative estimate of drug-likeness (QED) is 0.801. The number of aliphatic hydroxyl groups is 1. The maximum absolute atomic E-state index is 13.1. The molecule has 0 radical (unpaired) electrons. The van der Waals surface area contributed by atoms with Gasteiger partial charge < -0.3 is 15.7 Å². The van der Waals surface area contributed by atoms with E-state index in [1.54, 1.807) is 6.07 Å². The van der Waals surface area contributed by atoms with Crippen LogP contribution in [0, 0.1) is 5.82 Å². The molecule has 3 N–H and O–H groups in total. The molecule has 0 spiro atoms. The molecule has 1 amide bonds. The Morgan fingerprint density at radius 2 is 2.35 bits per heavy atom. The SMILES string of the molecule is O=C(NCc1cc2cc(F)ccc2s1)C1CC(O)CN1. The number of benzene rings is 1. The molecule has 2 aromatic rings. The molecule has 1 saturated heterocycles. The van der Waals surface area contributed by atoms with E-state index in [1.807, 2.05) is 6.07 Å². The summed E-state index contributed by atoms with van der Waals surface area (Å²) < 4.78 is 14.1. The molecule has 1 aliphatic rings. The van der Waals surface area contributed by atoms with E-state index < -0.39 is 6.10 Å². The molecule has 1 fully saturated rings. The molecular formula is C14H15FN2O2S. The summed E-state index contributed by atoms with van der Waals surface area (Å²) in [4.78, 5) is 12.9. The fourth-order valence-electron chi connectivity index (χ4n) is 2.37. The molecule has 1 aliphatic heterocycles. The zero-order valence-corrected chi connectivity index (χ0v) is 11.5. The smallest absolute Gasteiger partial charge is 0.237 e. The van der Waals surface area contributed by atoms with E-state index in [1.165, 1.54) is 23.5 Å². The van der Waals surface area contributed by atoms with Crippen molar-refractivity contribution in [2.75, 3.05) is 6.54 Å². The van der Waals surface area contributed by atoms with Gasteiger partial charge in [-0.25, -0.2) is 4.39 Å². The topological polar surface area (TPSA) is 61.4 Å². The van der Waals surface area contributed by atoms with Crippen LogP contribution < -0.4 is 10.6 Å². The zero-order valence-electron chi connectivity index (χ0n) is 10.7. The lowest BCUT2D eigenvalue weighted by atomic mass is 10.2. The van der Waals surface area contributed by atoms with E-state index in [2.05, 4.69) is 10.6 Å². The maximum atomic E-state index is 13.1. The van der Waals surface area contributed by atoms with Gasteiger partial charge in [-0.1, -0.05) is 0 Å². The summed E-state index contributed by atoms with van der Waals surface area (Å²) in [6.07, 6.45) is 0.00163. The van der Waals surface area contributed by atoms with Crippen molar-refractivity contribution in [3.8, 4) is 0 Å². The van der Waals surface area contributed by atoms with Crippen LogP contribution in [-0.2, 0) is 11.3 Å². The summed E-state index contributed by atoms with van der Waals surface area (Å²) in [5, 5.41) is 16.0. The van der Waals surface area contributed by atoms with Gasteiger partial charge in [0.2, 0.25) is 5.91 Å². The third kappa shape index (κ3) is 2.82. The van der Waals surface area contributed by atoms with Crippen molar-refractivity contribution in [2.24, 2.45) is 0 Å². The Kier molecular flexibility index (Phi) is 3.69. The number of hydrogen-bond donors (Lipinski definition) is 3. The molecule has 2 heterocycles. The van der Waals surface area contributed by atoms with Gasteiger partial charge in [-0.15, -0.1) is 11.3 Å². The van der Waals surface area contributed by atoms with E-state index in [9.17, 15) is 14.3 Å². The zero-order chi connectivity index (χ0) is 14.1. The fourth-order valence-corrected chi connectivity index (χ4v) is 3.36. The lowest BCUT2D eigenvalue weighted by Gasteiger charge is -2.09. The van der Waals surface area contributed by atoms with Gasteiger partial charge in [0.1, 0.15) is 5.82 Å². The predicted octanol–water partition coefficient (Wildman–Crippen LogP) is 1.38. The molecule has 4 nitrogen and oxygen atoms in total. The van der Waals surface area contributed by atoms with Crippen molar-refractivity contribution in [1.29, 1.82) is 0 Å². The standard InChI is InChI=1S/C14H15FN2O2S/c15-9-1-2-13-8(3-9)4-11(20-13)7-17-14(19)12-5-10(18)6-16-12/h1-4,10,12,16,18H,5-7H2,(H,17,19). The predicted molar refractivity (Wildman–Crippen MR) is 76.0 cm³/mol. The van der Waals surface area contributed by atoms with Crippen molar-refractivity contribution in [3.63, 3.8) is 0 Å². The molecule has 0 bridgehead atoms. The molecule has 106 valence electrons. The Hall–Kier alpha value is -1.50. The highest BCUT2D eigenvalue weighted by molar-refractivity contribution is 7.19.